The highest BCUT2D eigenvalue weighted by Gasteiger charge is 2.43. The van der Waals surface area contributed by atoms with Gasteiger partial charge in [-0.3, -0.25) is 4.79 Å². The van der Waals surface area contributed by atoms with E-state index in [1.807, 2.05) is 37.3 Å². The Labute approximate surface area is 277 Å². The fraction of sp³-hybridized carbons (Fsp3) is 0.412. The van der Waals surface area contributed by atoms with Gasteiger partial charge in [0.25, 0.3) is 5.91 Å². The second kappa shape index (κ2) is 13.1. The Hall–Kier alpha value is -3.58. The summed E-state index contributed by atoms with van der Waals surface area (Å²) in [4.78, 5) is 13.4. The van der Waals surface area contributed by atoms with Crippen LogP contribution in [0.3, 0.4) is 0 Å². The number of hydrogen-bond donors (Lipinski definition) is 3. The number of benzene rings is 2. The number of aliphatic hydroxyl groups is 1. The van der Waals surface area contributed by atoms with Gasteiger partial charge in [0.1, 0.15) is 21.9 Å². The van der Waals surface area contributed by atoms with Crippen molar-refractivity contribution in [3.05, 3.63) is 88.3 Å². The second-order valence-electron chi connectivity index (χ2n) is 12.9. The maximum atomic E-state index is 14.2. The number of anilines is 1. The first kappa shape index (κ1) is 33.3. The summed E-state index contributed by atoms with van der Waals surface area (Å²) in [5.74, 6) is -2.67. The van der Waals surface area contributed by atoms with Crippen LogP contribution in [0.2, 0.25) is 5.02 Å². The number of carbonyl (C=O) groups is 1. The summed E-state index contributed by atoms with van der Waals surface area (Å²) in [5, 5.41) is 18.0. The van der Waals surface area contributed by atoms with Crippen LogP contribution in [0.15, 0.2) is 64.0 Å². The zero-order valence-electron chi connectivity index (χ0n) is 26.1. The van der Waals surface area contributed by atoms with Gasteiger partial charge in [-0.25, -0.2) is 21.9 Å². The van der Waals surface area contributed by atoms with E-state index >= 15 is 0 Å². The van der Waals surface area contributed by atoms with Crippen molar-refractivity contribution in [3.8, 4) is 11.3 Å². The zero-order chi connectivity index (χ0) is 33.5. The maximum Gasteiger partial charge on any atom is 0.273 e. The van der Waals surface area contributed by atoms with Gasteiger partial charge < -0.3 is 19.5 Å². The molecule has 0 radical (unpaired) electrons. The summed E-state index contributed by atoms with van der Waals surface area (Å²) in [6.07, 6.45) is 4.30. The second-order valence-corrected chi connectivity index (χ2v) is 14.9. The number of nitrogens with one attached hydrogen (secondary N) is 2. The summed E-state index contributed by atoms with van der Waals surface area (Å²) >= 11 is 6.78. The molecule has 4 atom stereocenters. The molecule has 1 fully saturated rings. The van der Waals surface area contributed by atoms with E-state index < -0.39 is 39.2 Å². The van der Waals surface area contributed by atoms with Gasteiger partial charge in [-0.15, -0.1) is 0 Å². The van der Waals surface area contributed by atoms with Crippen molar-refractivity contribution in [2.75, 3.05) is 5.32 Å². The monoisotopic (exact) mass is 686 g/mol. The third kappa shape index (κ3) is 6.74. The molecule has 0 spiro atoms. The Kier molecular flexibility index (Phi) is 9.32. The number of hydrogen-bond acceptors (Lipinski definition) is 6. The van der Waals surface area contributed by atoms with E-state index in [1.165, 1.54) is 6.07 Å². The van der Waals surface area contributed by atoms with Gasteiger partial charge in [0.15, 0.2) is 17.4 Å². The van der Waals surface area contributed by atoms with Crippen molar-refractivity contribution in [2.24, 2.45) is 11.8 Å². The van der Waals surface area contributed by atoms with Crippen LogP contribution in [0.5, 0.6) is 0 Å². The van der Waals surface area contributed by atoms with Crippen molar-refractivity contribution < 1.29 is 31.6 Å². The minimum atomic E-state index is -4.26. The Morgan fingerprint density at radius 2 is 1.87 bits per heavy atom. The van der Waals surface area contributed by atoms with Crippen molar-refractivity contribution >= 4 is 33.2 Å². The topological polar surface area (TPSA) is 126 Å². The minimum absolute atomic E-state index is 0.00865. The molecule has 6 rings (SSSR count). The van der Waals surface area contributed by atoms with E-state index in [-0.39, 0.29) is 39.6 Å². The van der Waals surface area contributed by atoms with Crippen molar-refractivity contribution in [1.82, 2.24) is 14.4 Å². The van der Waals surface area contributed by atoms with Crippen molar-refractivity contribution in [1.29, 1.82) is 0 Å². The molecule has 47 heavy (non-hydrogen) atoms. The van der Waals surface area contributed by atoms with E-state index in [2.05, 4.69) is 15.2 Å². The average molecular weight is 687 g/mol. The molecular weight excluding hydrogens is 650 g/mol. The number of rotatable bonds is 9. The lowest BCUT2D eigenvalue weighted by Crippen LogP contribution is -2.43. The summed E-state index contributed by atoms with van der Waals surface area (Å²) in [7, 11) is -4.26. The number of nitrogens with zero attached hydrogens (tertiary/aromatic N) is 2. The lowest BCUT2D eigenvalue weighted by Gasteiger charge is -2.30. The molecule has 4 aromatic rings. The van der Waals surface area contributed by atoms with Crippen LogP contribution in [0, 0.1) is 23.5 Å². The first-order valence-electron chi connectivity index (χ1n) is 15.8. The van der Waals surface area contributed by atoms with E-state index in [9.17, 15) is 27.1 Å². The molecule has 0 bridgehead atoms. The minimum Gasteiger partial charge on any atom is -0.384 e. The normalized spacial score (nSPS) is 21.2. The molecule has 13 heteroatoms. The molecule has 3 heterocycles. The number of aromatic nitrogens is 2. The Bertz CT molecular complexity index is 1890. The number of sulfonamides is 1. The van der Waals surface area contributed by atoms with Gasteiger partial charge in [-0.2, -0.15) is 0 Å². The van der Waals surface area contributed by atoms with E-state index in [1.54, 1.807) is 17.6 Å². The highest BCUT2D eigenvalue weighted by Crippen LogP contribution is 2.42. The van der Waals surface area contributed by atoms with Crippen molar-refractivity contribution in [3.63, 3.8) is 0 Å². The van der Waals surface area contributed by atoms with Gasteiger partial charge in [-0.05, 0) is 69.4 Å². The molecule has 1 amide bonds. The Morgan fingerprint density at radius 3 is 2.62 bits per heavy atom. The lowest BCUT2D eigenvalue weighted by atomic mass is 9.85. The first-order chi connectivity index (χ1) is 22.4. The van der Waals surface area contributed by atoms with Gasteiger partial charge in [0.2, 0.25) is 10.0 Å². The lowest BCUT2D eigenvalue weighted by molar-refractivity contribution is 0.0200. The van der Waals surface area contributed by atoms with Crippen LogP contribution in [0.4, 0.5) is 14.5 Å². The van der Waals surface area contributed by atoms with Crippen LogP contribution < -0.4 is 10.0 Å². The molecule has 2 aliphatic rings. The van der Waals surface area contributed by atoms with Crippen molar-refractivity contribution in [2.45, 2.75) is 81.9 Å². The Balaban J connectivity index is 1.27. The molecule has 1 aliphatic heterocycles. The predicted octanol–water partition coefficient (Wildman–Crippen LogP) is 7.04. The van der Waals surface area contributed by atoms with Gasteiger partial charge in [0, 0.05) is 41.7 Å². The maximum absolute atomic E-state index is 14.2. The highest BCUT2D eigenvalue weighted by atomic mass is 35.5. The molecule has 3 N–H and O–H groups in total. The van der Waals surface area contributed by atoms with Crippen LogP contribution in [0.25, 0.3) is 11.3 Å². The molecule has 2 aromatic carbocycles. The summed E-state index contributed by atoms with van der Waals surface area (Å²) in [6.45, 7) is 3.99. The SMILES string of the molecule is CC1CCC(CC(C)(O)c2cc(-c3ccccc3)on2)C1NS(=O)(=O)c1c(Cl)c(C(=O)Nc2ccc(F)c(F)c2)n2c1CCCCC2. The number of amides is 1. The van der Waals surface area contributed by atoms with Crippen LogP contribution in [-0.4, -0.2) is 35.2 Å². The van der Waals surface area contributed by atoms with Crippen LogP contribution in [0.1, 0.15) is 74.2 Å². The van der Waals surface area contributed by atoms with Gasteiger partial charge >= 0.3 is 0 Å². The number of fused-ring (bicyclic) bond motifs is 1. The summed E-state index contributed by atoms with van der Waals surface area (Å²) in [6, 6.07) is 13.6. The predicted molar refractivity (Wildman–Crippen MR) is 173 cm³/mol. The zero-order valence-corrected chi connectivity index (χ0v) is 27.7. The molecule has 0 saturated heterocycles. The third-order valence-electron chi connectivity index (χ3n) is 9.41. The quantitative estimate of drug-likeness (QED) is 0.173. The Morgan fingerprint density at radius 1 is 1.11 bits per heavy atom. The van der Waals surface area contributed by atoms with Gasteiger partial charge in [0.05, 0.1) is 5.02 Å². The number of carbonyl (C=O) groups excluding carboxylic acids is 1. The van der Waals surface area contributed by atoms with E-state index in [4.69, 9.17) is 16.1 Å². The van der Waals surface area contributed by atoms with Crippen LogP contribution >= 0.6 is 11.6 Å². The molecule has 1 saturated carbocycles. The standard InChI is InChI=1S/C34H37ClF2N4O5S/c1-20-12-13-22(19-34(2,43)28-18-27(46-39-28)21-9-5-3-6-10-21)30(20)40-47(44,45)32-26-11-7-4-8-16-41(26)31(29(32)35)33(42)38-23-14-15-24(36)25(37)17-23/h3,5-6,9-10,14-15,17-18,20,22,30,40,43H,4,7-8,11-13,16,19H2,1-2H3,(H,38,42). The summed E-state index contributed by atoms with van der Waals surface area (Å²) in [5.41, 5.74) is 0.173. The molecule has 1 aliphatic carbocycles. The van der Waals surface area contributed by atoms with Gasteiger partial charge in [-0.1, -0.05) is 60.4 Å². The summed E-state index contributed by atoms with van der Waals surface area (Å²) < 4.78 is 65.9. The average Bonchev–Trinajstić information content (AvgIpc) is 3.67. The fourth-order valence-electron chi connectivity index (χ4n) is 6.97. The molecule has 4 unspecified atom stereocenters. The fourth-order valence-corrected chi connectivity index (χ4v) is 9.32. The van der Waals surface area contributed by atoms with E-state index in [0.29, 0.717) is 49.4 Å². The van der Waals surface area contributed by atoms with E-state index in [0.717, 1.165) is 30.5 Å². The number of halogens is 3. The smallest absolute Gasteiger partial charge is 0.273 e. The largest absolute Gasteiger partial charge is 0.384 e. The third-order valence-corrected chi connectivity index (χ3v) is 11.4. The molecule has 2 aromatic heterocycles. The highest BCUT2D eigenvalue weighted by molar-refractivity contribution is 7.89. The first-order valence-corrected chi connectivity index (χ1v) is 17.7. The van der Waals surface area contributed by atoms with Crippen LogP contribution in [-0.2, 0) is 28.6 Å². The molecule has 9 nitrogen and oxygen atoms in total. The molecular formula is C34H37ClF2N4O5S. The molecule has 250 valence electrons.